The first-order valence-corrected chi connectivity index (χ1v) is 9.49. The summed E-state index contributed by atoms with van der Waals surface area (Å²) in [6, 6.07) is 7.74. The third-order valence-corrected chi connectivity index (χ3v) is 5.14. The van der Waals surface area contributed by atoms with Gasteiger partial charge in [0.2, 0.25) is 12.0 Å². The molecule has 1 aromatic heterocycles. The minimum Gasteiger partial charge on any atom is -0.508 e. The summed E-state index contributed by atoms with van der Waals surface area (Å²) in [5, 5.41) is 68.6. The number of hydrogen-bond acceptors (Lipinski definition) is 11. The van der Waals surface area contributed by atoms with E-state index in [1.807, 2.05) is 0 Å². The number of aromatic hydroxyl groups is 3. The van der Waals surface area contributed by atoms with Gasteiger partial charge in [-0.25, -0.2) is 4.79 Å². The van der Waals surface area contributed by atoms with Gasteiger partial charge in [0.1, 0.15) is 40.8 Å². The Bertz CT molecular complexity index is 1260. The number of carbonyl (C=O) groups is 1. The second kappa shape index (κ2) is 8.26. The molecule has 33 heavy (non-hydrogen) atoms. The third kappa shape index (κ3) is 3.91. The number of rotatable bonds is 4. The van der Waals surface area contributed by atoms with E-state index in [-0.39, 0.29) is 22.5 Å². The number of carboxylic acids is 1. The summed E-state index contributed by atoms with van der Waals surface area (Å²) >= 11 is 0. The monoisotopic (exact) mass is 462 g/mol. The smallest absolute Gasteiger partial charge is 0.335 e. The number of phenolic OH excluding ortho intramolecular Hbond substituents is 3. The zero-order valence-corrected chi connectivity index (χ0v) is 16.5. The van der Waals surface area contributed by atoms with Crippen LogP contribution in [0, 0.1) is 0 Å². The summed E-state index contributed by atoms with van der Waals surface area (Å²) in [5.74, 6) is -4.01. The Morgan fingerprint density at radius 1 is 0.909 bits per heavy atom. The normalized spacial score (nSPS) is 25.1. The van der Waals surface area contributed by atoms with E-state index < -0.39 is 59.4 Å². The summed E-state index contributed by atoms with van der Waals surface area (Å²) in [6.07, 6.45) is -9.67. The number of aliphatic hydroxyl groups excluding tert-OH is 3. The lowest BCUT2D eigenvalue weighted by Gasteiger charge is -2.38. The van der Waals surface area contributed by atoms with Gasteiger partial charge in [-0.1, -0.05) is 0 Å². The van der Waals surface area contributed by atoms with Gasteiger partial charge in [0.05, 0.1) is 0 Å². The highest BCUT2D eigenvalue weighted by molar-refractivity contribution is 5.89. The molecule has 1 fully saturated rings. The number of ether oxygens (including phenoxy) is 2. The number of carboxylic acid groups (broad SMARTS) is 1. The Labute approximate surface area is 183 Å². The fraction of sp³-hybridized carbons (Fsp3) is 0.238. The molecule has 174 valence electrons. The van der Waals surface area contributed by atoms with Gasteiger partial charge >= 0.3 is 5.97 Å². The van der Waals surface area contributed by atoms with Crippen LogP contribution in [0.15, 0.2) is 45.6 Å². The van der Waals surface area contributed by atoms with E-state index in [4.69, 9.17) is 19.0 Å². The summed E-state index contributed by atoms with van der Waals surface area (Å²) in [6.45, 7) is 0. The van der Waals surface area contributed by atoms with Crippen LogP contribution in [-0.4, -0.2) is 72.4 Å². The number of aliphatic hydroxyl groups is 3. The fourth-order valence-electron chi connectivity index (χ4n) is 3.40. The molecule has 1 aliphatic heterocycles. The second-order valence-electron chi connectivity index (χ2n) is 7.32. The highest BCUT2D eigenvalue weighted by Gasteiger charge is 2.48. The highest BCUT2D eigenvalue weighted by Crippen LogP contribution is 2.42. The standard InChI is InChI=1S/C21H18O12/c22-8-3-1-7(2-4-8)10-5-9(23)13-11(31-10)6-12(14(24)15(13)25)32-21-18(28)16(26)17(27)19(33-21)20(29)30/h1-6,16-19,21-22,24-28H,(H,29,30)/t16-,17-,18-,19+,21+/m1/s1. The zero-order chi connectivity index (χ0) is 24.0. The van der Waals surface area contributed by atoms with E-state index in [2.05, 4.69) is 0 Å². The van der Waals surface area contributed by atoms with Crippen molar-refractivity contribution in [1.82, 2.24) is 0 Å². The van der Waals surface area contributed by atoms with Crippen molar-refractivity contribution in [3.8, 4) is 34.3 Å². The number of fused-ring (bicyclic) bond motifs is 1. The molecule has 1 aliphatic rings. The molecule has 0 bridgehead atoms. The van der Waals surface area contributed by atoms with Crippen LogP contribution in [0.25, 0.3) is 22.3 Å². The van der Waals surface area contributed by atoms with Crippen molar-refractivity contribution in [3.63, 3.8) is 0 Å². The van der Waals surface area contributed by atoms with Crippen LogP contribution in [-0.2, 0) is 9.53 Å². The first kappa shape index (κ1) is 22.4. The van der Waals surface area contributed by atoms with Gasteiger partial charge < -0.3 is 49.6 Å². The maximum atomic E-state index is 12.6. The molecule has 4 rings (SSSR count). The minimum absolute atomic E-state index is 0.0156. The van der Waals surface area contributed by atoms with E-state index in [0.29, 0.717) is 5.56 Å². The molecule has 0 spiro atoms. The summed E-state index contributed by atoms with van der Waals surface area (Å²) < 4.78 is 15.9. The van der Waals surface area contributed by atoms with Gasteiger partial charge in [0.25, 0.3) is 0 Å². The van der Waals surface area contributed by atoms with Crippen molar-refractivity contribution >= 4 is 16.9 Å². The van der Waals surface area contributed by atoms with Gasteiger partial charge in [-0.2, -0.15) is 0 Å². The Morgan fingerprint density at radius 3 is 2.21 bits per heavy atom. The van der Waals surface area contributed by atoms with Crippen LogP contribution < -0.4 is 10.2 Å². The van der Waals surface area contributed by atoms with Crippen LogP contribution in [0.5, 0.6) is 23.0 Å². The molecular formula is C21H18O12. The van der Waals surface area contributed by atoms with E-state index >= 15 is 0 Å². The molecule has 2 heterocycles. The maximum absolute atomic E-state index is 12.6. The Kier molecular flexibility index (Phi) is 5.59. The Morgan fingerprint density at radius 2 is 1.58 bits per heavy atom. The van der Waals surface area contributed by atoms with Crippen LogP contribution >= 0.6 is 0 Å². The molecule has 12 nitrogen and oxygen atoms in total. The molecule has 0 amide bonds. The van der Waals surface area contributed by atoms with Gasteiger partial charge in [-0.3, -0.25) is 4.79 Å². The molecule has 0 aliphatic carbocycles. The summed E-state index contributed by atoms with van der Waals surface area (Å²) in [7, 11) is 0. The maximum Gasteiger partial charge on any atom is 0.335 e. The van der Waals surface area contributed by atoms with Crippen LogP contribution in [0.1, 0.15) is 0 Å². The lowest BCUT2D eigenvalue weighted by molar-refractivity contribution is -0.271. The Hall–Kier alpha value is -3.84. The molecule has 1 saturated heterocycles. The van der Waals surface area contributed by atoms with Crippen LogP contribution in [0.2, 0.25) is 0 Å². The summed E-state index contributed by atoms with van der Waals surface area (Å²) in [4.78, 5) is 23.8. The molecular weight excluding hydrogens is 444 g/mol. The molecule has 7 N–H and O–H groups in total. The van der Waals surface area contributed by atoms with E-state index in [0.717, 1.165) is 12.1 Å². The van der Waals surface area contributed by atoms with Gasteiger partial charge in [0.15, 0.2) is 23.0 Å². The zero-order valence-electron chi connectivity index (χ0n) is 16.5. The first-order valence-electron chi connectivity index (χ1n) is 9.49. The van der Waals surface area contributed by atoms with Gasteiger partial charge in [-0.15, -0.1) is 0 Å². The number of aliphatic carboxylic acids is 1. The van der Waals surface area contributed by atoms with Crippen LogP contribution in [0.4, 0.5) is 0 Å². The van der Waals surface area contributed by atoms with E-state index in [1.165, 1.54) is 24.3 Å². The van der Waals surface area contributed by atoms with E-state index in [9.17, 15) is 40.2 Å². The first-order chi connectivity index (χ1) is 15.6. The molecule has 2 aromatic carbocycles. The fourth-order valence-corrected chi connectivity index (χ4v) is 3.40. The molecule has 0 unspecified atom stereocenters. The topological polar surface area (TPSA) is 207 Å². The highest BCUT2D eigenvalue weighted by atomic mass is 16.7. The molecule has 12 heteroatoms. The predicted molar refractivity (Wildman–Crippen MR) is 108 cm³/mol. The number of benzene rings is 2. The third-order valence-electron chi connectivity index (χ3n) is 5.14. The largest absolute Gasteiger partial charge is 0.508 e. The average molecular weight is 462 g/mol. The molecule has 0 radical (unpaired) electrons. The van der Waals surface area contributed by atoms with E-state index in [1.54, 1.807) is 0 Å². The SMILES string of the molecule is O=C(O)[C@H]1O[C@H](Oc2cc3oc(-c4ccc(O)cc4)cc(=O)c3c(O)c2O)[C@H](O)[C@H](O)[C@H]1O. The molecule has 3 aromatic rings. The average Bonchev–Trinajstić information content (AvgIpc) is 2.77. The predicted octanol–water partition coefficient (Wildman–Crippen LogP) is -0.152. The lowest BCUT2D eigenvalue weighted by atomic mass is 9.99. The van der Waals surface area contributed by atoms with Crippen molar-refractivity contribution in [2.24, 2.45) is 0 Å². The quantitative estimate of drug-likeness (QED) is 0.253. The van der Waals surface area contributed by atoms with Crippen molar-refractivity contribution in [3.05, 3.63) is 46.6 Å². The Balaban J connectivity index is 1.76. The van der Waals surface area contributed by atoms with Gasteiger partial charge in [-0.05, 0) is 24.3 Å². The number of phenols is 3. The number of hydrogen-bond donors (Lipinski definition) is 7. The summed E-state index contributed by atoms with van der Waals surface area (Å²) in [5.41, 5.74) is -0.539. The van der Waals surface area contributed by atoms with Crippen molar-refractivity contribution in [1.29, 1.82) is 0 Å². The van der Waals surface area contributed by atoms with Gasteiger partial charge in [0, 0.05) is 17.7 Å². The second-order valence-corrected chi connectivity index (χ2v) is 7.32. The lowest BCUT2D eigenvalue weighted by Crippen LogP contribution is -2.61. The molecule has 0 saturated carbocycles. The van der Waals surface area contributed by atoms with Crippen molar-refractivity contribution in [2.45, 2.75) is 30.7 Å². The minimum atomic E-state index is -1.96. The van der Waals surface area contributed by atoms with Crippen molar-refractivity contribution < 1.29 is 54.4 Å². The van der Waals surface area contributed by atoms with Crippen molar-refractivity contribution in [2.75, 3.05) is 0 Å². The van der Waals surface area contributed by atoms with Crippen LogP contribution in [0.3, 0.4) is 0 Å². The molecule has 5 atom stereocenters.